The molecule has 0 aliphatic heterocycles. The normalized spacial score (nSPS) is 12.3. The van der Waals surface area contributed by atoms with Crippen LogP contribution in [-0.4, -0.2) is 34.3 Å². The first-order valence-electron chi connectivity index (χ1n) is 6.83. The summed E-state index contributed by atoms with van der Waals surface area (Å²) in [6.07, 6.45) is 0.762. The zero-order chi connectivity index (χ0) is 17.1. The van der Waals surface area contributed by atoms with Gasteiger partial charge in [0.1, 0.15) is 4.21 Å². The third-order valence-electron chi connectivity index (χ3n) is 3.08. The van der Waals surface area contributed by atoms with Gasteiger partial charge in [0.05, 0.1) is 17.3 Å². The molecule has 2 aromatic rings. The van der Waals surface area contributed by atoms with Crippen LogP contribution in [-0.2, 0) is 26.3 Å². The molecule has 0 unspecified atom stereocenters. The maximum absolute atomic E-state index is 12.3. The Morgan fingerprint density at radius 2 is 1.70 bits per heavy atom. The second-order valence-corrected chi connectivity index (χ2v) is 9.93. The quantitative estimate of drug-likeness (QED) is 0.769. The van der Waals surface area contributed by atoms with Crippen molar-refractivity contribution in [1.29, 1.82) is 0 Å². The Kier molecular flexibility index (Phi) is 5.45. The van der Waals surface area contributed by atoms with E-state index >= 15 is 0 Å². The van der Waals surface area contributed by atoms with Gasteiger partial charge in [0.25, 0.3) is 10.0 Å². The number of sulfone groups is 1. The van der Waals surface area contributed by atoms with Gasteiger partial charge in [0, 0.05) is 10.6 Å². The van der Waals surface area contributed by atoms with Gasteiger partial charge in [-0.3, -0.25) is 4.72 Å². The monoisotopic (exact) mass is 375 g/mol. The van der Waals surface area contributed by atoms with Gasteiger partial charge in [-0.25, -0.2) is 16.8 Å². The van der Waals surface area contributed by atoms with Gasteiger partial charge in [0.15, 0.2) is 9.84 Å². The van der Waals surface area contributed by atoms with Crippen LogP contribution in [0.15, 0.2) is 45.5 Å². The molecule has 0 aliphatic carbocycles. The van der Waals surface area contributed by atoms with E-state index in [2.05, 4.69) is 4.72 Å². The van der Waals surface area contributed by atoms with E-state index in [0.717, 1.165) is 11.3 Å². The summed E-state index contributed by atoms with van der Waals surface area (Å²) in [5.41, 5.74) is 0.277. The Morgan fingerprint density at radius 3 is 2.22 bits per heavy atom. The van der Waals surface area contributed by atoms with Crippen LogP contribution in [0.1, 0.15) is 11.8 Å². The minimum absolute atomic E-state index is 0.0406. The van der Waals surface area contributed by atoms with Gasteiger partial charge in [-0.05, 0) is 42.8 Å². The molecule has 2 rings (SSSR count). The first-order chi connectivity index (χ1) is 10.8. The van der Waals surface area contributed by atoms with Crippen LogP contribution in [0.4, 0.5) is 5.69 Å². The molecule has 0 bridgehead atoms. The number of nitrogens with one attached hydrogen (secondary N) is 1. The van der Waals surface area contributed by atoms with Crippen LogP contribution in [0, 0.1) is 0 Å². The summed E-state index contributed by atoms with van der Waals surface area (Å²) in [7, 11) is -7.23. The van der Waals surface area contributed by atoms with Crippen LogP contribution in [0.2, 0.25) is 0 Å². The average Bonchev–Trinajstić information content (AvgIpc) is 2.97. The second-order valence-electron chi connectivity index (χ2n) is 4.75. The average molecular weight is 375 g/mol. The summed E-state index contributed by atoms with van der Waals surface area (Å²) >= 11 is 1.20. The number of thiophene rings is 1. The van der Waals surface area contributed by atoms with Crippen molar-refractivity contribution in [3.8, 4) is 0 Å². The number of sulfonamides is 1. The Labute approximate surface area is 139 Å². The number of aliphatic hydroxyl groups is 1. The van der Waals surface area contributed by atoms with Crippen LogP contribution in [0.5, 0.6) is 0 Å². The Bertz CT molecular complexity index is 867. The minimum Gasteiger partial charge on any atom is -0.395 e. The predicted octanol–water partition coefficient (Wildman–Crippen LogP) is 1.88. The van der Waals surface area contributed by atoms with Crippen LogP contribution >= 0.6 is 11.3 Å². The molecule has 23 heavy (non-hydrogen) atoms. The van der Waals surface area contributed by atoms with E-state index in [1.165, 1.54) is 35.6 Å². The van der Waals surface area contributed by atoms with Crippen molar-refractivity contribution in [2.24, 2.45) is 0 Å². The Hall–Kier alpha value is -1.42. The topological polar surface area (TPSA) is 101 Å². The SMILES string of the molecule is CCc1ccc(S(=O)(=O)Nc2ccc(S(=O)(=O)CCO)cc2)s1. The lowest BCUT2D eigenvalue weighted by Crippen LogP contribution is -2.12. The van der Waals surface area contributed by atoms with Crippen LogP contribution < -0.4 is 4.72 Å². The van der Waals surface area contributed by atoms with Crippen molar-refractivity contribution in [2.45, 2.75) is 22.4 Å². The maximum Gasteiger partial charge on any atom is 0.271 e. The molecule has 9 heteroatoms. The van der Waals surface area contributed by atoms with Gasteiger partial charge < -0.3 is 5.11 Å². The summed E-state index contributed by atoms with van der Waals surface area (Å²) in [5.74, 6) is -0.368. The smallest absolute Gasteiger partial charge is 0.271 e. The Morgan fingerprint density at radius 1 is 1.04 bits per heavy atom. The molecular formula is C14H17NO5S3. The highest BCUT2D eigenvalue weighted by Crippen LogP contribution is 2.25. The first-order valence-corrected chi connectivity index (χ1v) is 10.8. The molecule has 1 aromatic heterocycles. The summed E-state index contributed by atoms with van der Waals surface area (Å²) in [6.45, 7) is 1.48. The highest BCUT2D eigenvalue weighted by atomic mass is 32.2. The molecule has 0 fully saturated rings. The number of rotatable bonds is 7. The molecule has 1 aromatic carbocycles. The molecule has 126 valence electrons. The van der Waals surface area contributed by atoms with Crippen LogP contribution in [0.3, 0.4) is 0 Å². The zero-order valence-corrected chi connectivity index (χ0v) is 14.8. The number of aryl methyl sites for hydroxylation is 1. The predicted molar refractivity (Wildman–Crippen MR) is 90.1 cm³/mol. The fourth-order valence-corrected chi connectivity index (χ4v) is 5.25. The van der Waals surface area contributed by atoms with Crippen molar-refractivity contribution < 1.29 is 21.9 Å². The lowest BCUT2D eigenvalue weighted by molar-refractivity contribution is 0.319. The second kappa shape index (κ2) is 7.00. The zero-order valence-electron chi connectivity index (χ0n) is 12.4. The van der Waals surface area contributed by atoms with E-state index in [4.69, 9.17) is 5.11 Å². The van der Waals surface area contributed by atoms with Crippen molar-refractivity contribution >= 4 is 36.9 Å². The molecule has 0 spiro atoms. The standard InChI is InChI=1S/C14H17NO5S3/c1-2-12-5-8-14(21-12)23(19,20)15-11-3-6-13(7-4-11)22(17,18)10-9-16/h3-8,15-16H,2,9-10H2,1H3. The summed E-state index contributed by atoms with van der Waals surface area (Å²) < 4.78 is 50.7. The molecule has 0 aliphatic rings. The lowest BCUT2D eigenvalue weighted by atomic mass is 10.3. The minimum atomic E-state index is -3.68. The molecule has 2 N–H and O–H groups in total. The molecule has 0 atom stereocenters. The molecule has 6 nitrogen and oxygen atoms in total. The summed E-state index contributed by atoms with van der Waals surface area (Å²) in [6, 6.07) is 8.71. The highest BCUT2D eigenvalue weighted by Gasteiger charge is 2.18. The number of hydrogen-bond acceptors (Lipinski definition) is 6. The summed E-state index contributed by atoms with van der Waals surface area (Å²) in [4.78, 5) is 1.01. The molecular weight excluding hydrogens is 358 g/mol. The number of hydrogen-bond donors (Lipinski definition) is 2. The molecule has 0 radical (unpaired) electrons. The molecule has 0 saturated carbocycles. The van der Waals surface area contributed by atoms with Crippen molar-refractivity contribution in [3.05, 3.63) is 41.3 Å². The maximum atomic E-state index is 12.3. The fraction of sp³-hybridized carbons (Fsp3) is 0.286. The van der Waals surface area contributed by atoms with E-state index in [1.54, 1.807) is 12.1 Å². The van der Waals surface area contributed by atoms with Gasteiger partial charge in [-0.2, -0.15) is 0 Å². The van der Waals surface area contributed by atoms with Gasteiger partial charge in [-0.1, -0.05) is 6.92 Å². The highest BCUT2D eigenvalue weighted by molar-refractivity contribution is 7.94. The largest absolute Gasteiger partial charge is 0.395 e. The van der Waals surface area contributed by atoms with E-state index in [0.29, 0.717) is 0 Å². The number of anilines is 1. The lowest BCUT2D eigenvalue weighted by Gasteiger charge is -2.07. The Balaban J connectivity index is 2.20. The summed E-state index contributed by atoms with van der Waals surface area (Å²) in [5, 5.41) is 8.75. The van der Waals surface area contributed by atoms with Crippen molar-refractivity contribution in [1.82, 2.24) is 0 Å². The molecule has 0 amide bonds. The van der Waals surface area contributed by atoms with Gasteiger partial charge >= 0.3 is 0 Å². The van der Waals surface area contributed by atoms with Gasteiger partial charge in [0.2, 0.25) is 0 Å². The van der Waals surface area contributed by atoms with E-state index in [-0.39, 0.29) is 20.5 Å². The van der Waals surface area contributed by atoms with E-state index in [1.807, 2.05) is 6.92 Å². The third-order valence-corrected chi connectivity index (χ3v) is 7.89. The van der Waals surface area contributed by atoms with Crippen LogP contribution in [0.25, 0.3) is 0 Å². The molecule has 1 heterocycles. The molecule has 0 saturated heterocycles. The van der Waals surface area contributed by atoms with Crippen molar-refractivity contribution in [3.63, 3.8) is 0 Å². The fourth-order valence-electron chi connectivity index (χ4n) is 1.87. The number of aliphatic hydroxyl groups excluding tert-OH is 1. The first kappa shape index (κ1) is 17.9. The van der Waals surface area contributed by atoms with Gasteiger partial charge in [-0.15, -0.1) is 11.3 Å². The third kappa shape index (κ3) is 4.31. The number of benzene rings is 1. The van der Waals surface area contributed by atoms with E-state index < -0.39 is 26.5 Å². The van der Waals surface area contributed by atoms with Crippen molar-refractivity contribution in [2.75, 3.05) is 17.1 Å². The van der Waals surface area contributed by atoms with E-state index in [9.17, 15) is 16.8 Å².